The van der Waals surface area contributed by atoms with E-state index in [0.29, 0.717) is 0 Å². The van der Waals surface area contributed by atoms with Gasteiger partial charge < -0.3 is 4.57 Å². The Labute approximate surface area is 104 Å². The second kappa shape index (κ2) is 3.93. The summed E-state index contributed by atoms with van der Waals surface area (Å²) >= 11 is 6.02. The Kier molecular flexibility index (Phi) is 2.41. The summed E-state index contributed by atoms with van der Waals surface area (Å²) in [7, 11) is 1.92. The van der Waals surface area contributed by atoms with Crippen molar-refractivity contribution in [3.05, 3.63) is 53.4 Å². The van der Waals surface area contributed by atoms with E-state index < -0.39 is 0 Å². The van der Waals surface area contributed by atoms with E-state index in [1.54, 1.807) is 0 Å². The van der Waals surface area contributed by atoms with Crippen molar-refractivity contribution in [2.45, 2.75) is 6.54 Å². The summed E-state index contributed by atoms with van der Waals surface area (Å²) in [6.45, 7) is 0.817. The lowest BCUT2D eigenvalue weighted by Crippen LogP contribution is -1.96. The van der Waals surface area contributed by atoms with Crippen LogP contribution in [0.15, 0.2) is 42.9 Å². The van der Waals surface area contributed by atoms with E-state index in [1.165, 1.54) is 10.9 Å². The molecule has 2 aromatic heterocycles. The first-order valence-electron chi connectivity index (χ1n) is 5.44. The average Bonchev–Trinajstić information content (AvgIpc) is 2.87. The van der Waals surface area contributed by atoms with E-state index in [-0.39, 0.29) is 0 Å². The zero-order chi connectivity index (χ0) is 11.8. The smallest absolute Gasteiger partial charge is 0.0539 e. The molecular weight excluding hydrogens is 234 g/mol. The average molecular weight is 246 g/mol. The van der Waals surface area contributed by atoms with Crippen LogP contribution in [0, 0.1) is 0 Å². The minimum atomic E-state index is 0.767. The van der Waals surface area contributed by atoms with Crippen LogP contribution in [0.1, 0.15) is 5.56 Å². The topological polar surface area (TPSA) is 22.8 Å². The van der Waals surface area contributed by atoms with Gasteiger partial charge in [0.05, 0.1) is 12.7 Å². The normalized spacial score (nSPS) is 11.2. The minimum Gasteiger partial charge on any atom is -0.343 e. The molecule has 0 aliphatic heterocycles. The van der Waals surface area contributed by atoms with Crippen molar-refractivity contribution in [1.29, 1.82) is 0 Å². The molecule has 0 fully saturated rings. The third-order valence-corrected chi connectivity index (χ3v) is 3.08. The number of rotatable bonds is 2. The maximum absolute atomic E-state index is 6.02. The second-order valence-electron chi connectivity index (χ2n) is 4.17. The van der Waals surface area contributed by atoms with Crippen LogP contribution in [0.2, 0.25) is 5.02 Å². The Balaban J connectivity index is 2.03. The molecule has 86 valence electrons. The number of hydrogen-bond donors (Lipinski definition) is 0. The zero-order valence-corrected chi connectivity index (χ0v) is 10.2. The van der Waals surface area contributed by atoms with Crippen molar-refractivity contribution in [2.24, 2.45) is 7.05 Å². The second-order valence-corrected chi connectivity index (χ2v) is 4.61. The maximum Gasteiger partial charge on any atom is 0.0539 e. The van der Waals surface area contributed by atoms with Crippen LogP contribution in [-0.4, -0.2) is 14.3 Å². The van der Waals surface area contributed by atoms with E-state index >= 15 is 0 Å². The number of nitrogens with zero attached hydrogens (tertiary/aromatic N) is 3. The van der Waals surface area contributed by atoms with Gasteiger partial charge in [-0.1, -0.05) is 17.7 Å². The molecule has 4 heteroatoms. The lowest BCUT2D eigenvalue weighted by Gasteiger charge is -2.03. The summed E-state index contributed by atoms with van der Waals surface area (Å²) in [5.41, 5.74) is 2.34. The van der Waals surface area contributed by atoms with Gasteiger partial charge in [0.2, 0.25) is 0 Å². The summed E-state index contributed by atoms with van der Waals surface area (Å²) in [4.78, 5) is 0. The van der Waals surface area contributed by atoms with Gasteiger partial charge in [-0.25, -0.2) is 0 Å². The number of benzene rings is 1. The van der Waals surface area contributed by atoms with Gasteiger partial charge in [-0.15, -0.1) is 0 Å². The largest absolute Gasteiger partial charge is 0.343 e. The summed E-state index contributed by atoms with van der Waals surface area (Å²) in [5, 5.41) is 6.15. The summed E-state index contributed by atoms with van der Waals surface area (Å²) < 4.78 is 3.99. The Morgan fingerprint density at radius 3 is 2.94 bits per heavy atom. The molecule has 0 bridgehead atoms. The molecule has 3 aromatic rings. The fourth-order valence-corrected chi connectivity index (χ4v) is 2.21. The highest BCUT2D eigenvalue weighted by atomic mass is 35.5. The van der Waals surface area contributed by atoms with E-state index in [2.05, 4.69) is 21.9 Å². The van der Waals surface area contributed by atoms with Gasteiger partial charge in [0.25, 0.3) is 0 Å². The Hall–Kier alpha value is -1.74. The maximum atomic E-state index is 6.02. The molecule has 0 spiro atoms. The highest BCUT2D eigenvalue weighted by Crippen LogP contribution is 2.21. The molecule has 0 aliphatic carbocycles. The lowest BCUT2D eigenvalue weighted by molar-refractivity contribution is 0.764. The van der Waals surface area contributed by atoms with Gasteiger partial charge in [0.15, 0.2) is 0 Å². The summed E-state index contributed by atoms with van der Waals surface area (Å²) in [6.07, 6.45) is 5.99. The number of aromatic nitrogens is 3. The third kappa shape index (κ3) is 1.94. The van der Waals surface area contributed by atoms with E-state index in [4.69, 9.17) is 11.6 Å². The number of aryl methyl sites for hydroxylation is 1. The van der Waals surface area contributed by atoms with Crippen LogP contribution in [0.25, 0.3) is 10.9 Å². The highest BCUT2D eigenvalue weighted by molar-refractivity contribution is 6.31. The Bertz CT molecular complexity index is 666. The van der Waals surface area contributed by atoms with Gasteiger partial charge >= 0.3 is 0 Å². The van der Waals surface area contributed by atoms with Crippen molar-refractivity contribution in [3.63, 3.8) is 0 Å². The lowest BCUT2D eigenvalue weighted by atomic mass is 10.2. The number of halogens is 1. The molecule has 0 unspecified atom stereocenters. The van der Waals surface area contributed by atoms with Crippen LogP contribution in [0.5, 0.6) is 0 Å². The predicted molar refractivity (Wildman–Crippen MR) is 69.3 cm³/mol. The molecule has 0 saturated carbocycles. The van der Waals surface area contributed by atoms with Crippen LogP contribution >= 0.6 is 11.6 Å². The molecule has 1 aromatic carbocycles. The number of hydrogen-bond acceptors (Lipinski definition) is 1. The molecule has 0 aliphatic rings. The molecule has 0 radical (unpaired) electrons. The molecule has 0 saturated heterocycles. The highest BCUT2D eigenvalue weighted by Gasteiger charge is 2.03. The standard InChI is InChI=1S/C13H12ClN3/c1-16-8-10(7-15-16)9-17-5-4-11-2-3-12(14)6-13(11)17/h2-8H,9H2,1H3. The predicted octanol–water partition coefficient (Wildman–Crippen LogP) is 3.08. The fourth-order valence-electron chi connectivity index (χ4n) is 2.05. The molecule has 17 heavy (non-hydrogen) atoms. The van der Waals surface area contributed by atoms with E-state index in [9.17, 15) is 0 Å². The first-order chi connectivity index (χ1) is 8.22. The van der Waals surface area contributed by atoms with Gasteiger partial charge in [0, 0.05) is 35.5 Å². The SMILES string of the molecule is Cn1cc(Cn2ccc3ccc(Cl)cc32)cn1. The van der Waals surface area contributed by atoms with Crippen LogP contribution in [0.4, 0.5) is 0 Å². The molecule has 0 atom stereocenters. The molecule has 0 N–H and O–H groups in total. The minimum absolute atomic E-state index is 0.767. The van der Waals surface area contributed by atoms with Gasteiger partial charge in [-0.3, -0.25) is 4.68 Å². The van der Waals surface area contributed by atoms with Crippen molar-refractivity contribution in [3.8, 4) is 0 Å². The molecule has 2 heterocycles. The summed E-state index contributed by atoms with van der Waals surface area (Å²) in [6, 6.07) is 8.05. The van der Waals surface area contributed by atoms with Gasteiger partial charge in [-0.2, -0.15) is 5.10 Å². The fraction of sp³-hybridized carbons (Fsp3) is 0.154. The quantitative estimate of drug-likeness (QED) is 0.680. The molecule has 3 rings (SSSR count). The molecule has 3 nitrogen and oxygen atoms in total. The molecule has 0 amide bonds. The van der Waals surface area contributed by atoms with E-state index in [1.807, 2.05) is 42.3 Å². The Morgan fingerprint density at radius 1 is 1.29 bits per heavy atom. The third-order valence-electron chi connectivity index (χ3n) is 2.85. The van der Waals surface area contributed by atoms with Gasteiger partial charge in [0.1, 0.15) is 0 Å². The summed E-state index contributed by atoms with van der Waals surface area (Å²) in [5.74, 6) is 0. The van der Waals surface area contributed by atoms with Gasteiger partial charge in [-0.05, 0) is 23.6 Å². The first-order valence-corrected chi connectivity index (χ1v) is 5.82. The van der Waals surface area contributed by atoms with Crippen molar-refractivity contribution in [1.82, 2.24) is 14.3 Å². The van der Waals surface area contributed by atoms with E-state index in [0.717, 1.165) is 17.1 Å². The van der Waals surface area contributed by atoms with Crippen molar-refractivity contribution in [2.75, 3.05) is 0 Å². The van der Waals surface area contributed by atoms with Crippen LogP contribution in [-0.2, 0) is 13.6 Å². The molecular formula is C13H12ClN3. The van der Waals surface area contributed by atoms with Crippen molar-refractivity contribution < 1.29 is 0 Å². The monoisotopic (exact) mass is 245 g/mol. The van der Waals surface area contributed by atoms with Crippen LogP contribution in [0.3, 0.4) is 0 Å². The number of fused-ring (bicyclic) bond motifs is 1. The van der Waals surface area contributed by atoms with Crippen LogP contribution < -0.4 is 0 Å². The Morgan fingerprint density at radius 2 is 2.18 bits per heavy atom. The first kappa shape index (κ1) is 10.4. The van der Waals surface area contributed by atoms with Crippen molar-refractivity contribution >= 4 is 22.5 Å². The zero-order valence-electron chi connectivity index (χ0n) is 9.47.